The summed E-state index contributed by atoms with van der Waals surface area (Å²) in [6.45, 7) is 3.84. The largest absolute Gasteiger partial charge is 0.497 e. The molecule has 4 rings (SSSR count). The summed E-state index contributed by atoms with van der Waals surface area (Å²) in [7, 11) is 3.17. The van der Waals surface area contributed by atoms with Crippen LogP contribution in [0.1, 0.15) is 12.0 Å². The number of hydrogen-bond donors (Lipinski definition) is 3. The van der Waals surface area contributed by atoms with Crippen molar-refractivity contribution in [3.05, 3.63) is 59.7 Å². The SMILES string of the molecule is C=CC(=O)N1C[C@@H](N2NC(C#Cc3cc(OC)cc(OC)c3)=C3C2=CN=CN3N)C[C@H]1CO. The number of allylic oxidation sites excluding steroid dienone is 1. The summed E-state index contributed by atoms with van der Waals surface area (Å²) >= 11 is 0. The smallest absolute Gasteiger partial charge is 0.246 e. The molecule has 10 heteroatoms. The van der Waals surface area contributed by atoms with E-state index in [1.807, 2.05) is 17.1 Å². The maximum atomic E-state index is 12.2. The number of fused-ring (bicyclic) bond motifs is 1. The number of nitrogens with one attached hydrogen (secondary N) is 1. The number of hydrogen-bond acceptors (Lipinski definition) is 9. The Balaban J connectivity index is 1.64. The molecule has 2 atom stereocenters. The normalized spacial score (nSPS) is 21.2. The van der Waals surface area contributed by atoms with Crippen molar-refractivity contribution in [2.45, 2.75) is 18.5 Å². The standard InChI is InChI=1S/C23H26N6O4/c1-4-22(31)27-12-16(9-17(27)13-30)29-21-11-25-14-28(24)23(21)20(26-29)6-5-15-7-18(32-2)10-19(8-15)33-3/h4,7-8,10-11,14,16-17,26,30H,1,9,12-13,24H2,2-3H3/t16-,17-/m0/s1. The number of nitrogens with zero attached hydrogens (tertiary/aromatic N) is 4. The Morgan fingerprint density at radius 3 is 2.70 bits per heavy atom. The van der Waals surface area contributed by atoms with E-state index in [9.17, 15) is 9.90 Å². The lowest BCUT2D eigenvalue weighted by Gasteiger charge is -2.29. The van der Waals surface area contributed by atoms with Gasteiger partial charge in [0, 0.05) is 18.2 Å². The number of hydrazine groups is 2. The van der Waals surface area contributed by atoms with Crippen LogP contribution in [0.5, 0.6) is 11.5 Å². The molecule has 1 aromatic carbocycles. The highest BCUT2D eigenvalue weighted by Gasteiger charge is 2.42. The quantitative estimate of drug-likeness (QED) is 0.333. The minimum absolute atomic E-state index is 0.120. The van der Waals surface area contributed by atoms with Gasteiger partial charge < -0.3 is 19.5 Å². The fourth-order valence-electron chi connectivity index (χ4n) is 4.12. The van der Waals surface area contributed by atoms with Gasteiger partial charge in [0.05, 0.1) is 39.1 Å². The van der Waals surface area contributed by atoms with Crippen molar-refractivity contribution in [1.82, 2.24) is 20.3 Å². The molecule has 0 saturated carbocycles. The van der Waals surface area contributed by atoms with Gasteiger partial charge in [-0.15, -0.1) is 0 Å². The number of carbonyl (C=O) groups is 1. The van der Waals surface area contributed by atoms with E-state index < -0.39 is 0 Å². The zero-order valence-corrected chi connectivity index (χ0v) is 18.5. The fourth-order valence-corrected chi connectivity index (χ4v) is 4.12. The molecule has 172 valence electrons. The van der Waals surface area contributed by atoms with Crippen LogP contribution in [0.15, 0.2) is 59.1 Å². The third kappa shape index (κ3) is 4.24. The zero-order valence-electron chi connectivity index (χ0n) is 18.5. The maximum Gasteiger partial charge on any atom is 0.246 e. The molecule has 3 heterocycles. The highest BCUT2D eigenvalue weighted by atomic mass is 16.5. The fraction of sp³-hybridized carbons (Fsp3) is 0.304. The van der Waals surface area contributed by atoms with Crippen LogP contribution in [0, 0.1) is 11.8 Å². The first-order chi connectivity index (χ1) is 16.0. The average molecular weight is 450 g/mol. The third-order valence-electron chi connectivity index (χ3n) is 5.73. The van der Waals surface area contributed by atoms with Crippen LogP contribution in [0.4, 0.5) is 0 Å². The topological polar surface area (TPSA) is 116 Å². The molecule has 1 aromatic rings. The molecular weight excluding hydrogens is 424 g/mol. The third-order valence-corrected chi connectivity index (χ3v) is 5.73. The highest BCUT2D eigenvalue weighted by molar-refractivity contribution is 5.87. The summed E-state index contributed by atoms with van der Waals surface area (Å²) in [5.74, 6) is 13.5. The first-order valence-corrected chi connectivity index (χ1v) is 10.4. The number of nitrogens with two attached hydrogens (primary N) is 1. The Hall–Kier alpha value is -3.94. The molecule has 1 saturated heterocycles. The van der Waals surface area contributed by atoms with Gasteiger partial charge in [0.15, 0.2) is 0 Å². The van der Waals surface area contributed by atoms with Gasteiger partial charge in [-0.1, -0.05) is 12.5 Å². The Kier molecular flexibility index (Phi) is 6.26. The summed E-state index contributed by atoms with van der Waals surface area (Å²) in [5, 5.41) is 13.1. The van der Waals surface area contributed by atoms with Crippen LogP contribution >= 0.6 is 0 Å². The molecule has 1 amide bonds. The predicted octanol–water partition coefficient (Wildman–Crippen LogP) is 0.294. The number of rotatable bonds is 5. The number of amides is 1. The van der Waals surface area contributed by atoms with E-state index in [2.05, 4.69) is 28.8 Å². The van der Waals surface area contributed by atoms with E-state index in [-0.39, 0.29) is 24.6 Å². The van der Waals surface area contributed by atoms with E-state index in [4.69, 9.17) is 15.3 Å². The molecule has 0 spiro atoms. The Bertz CT molecular complexity index is 1090. The average Bonchev–Trinajstić information content (AvgIpc) is 3.44. The van der Waals surface area contributed by atoms with Gasteiger partial charge in [0.1, 0.15) is 34.9 Å². The van der Waals surface area contributed by atoms with Gasteiger partial charge in [-0.25, -0.2) is 10.8 Å². The van der Waals surface area contributed by atoms with Gasteiger partial charge in [0.2, 0.25) is 5.91 Å². The predicted molar refractivity (Wildman–Crippen MR) is 122 cm³/mol. The molecule has 0 unspecified atom stereocenters. The second kappa shape index (κ2) is 9.28. The first-order valence-electron chi connectivity index (χ1n) is 10.4. The zero-order chi connectivity index (χ0) is 23.5. The summed E-state index contributed by atoms with van der Waals surface area (Å²) in [6, 6.07) is 4.98. The van der Waals surface area contributed by atoms with E-state index in [0.29, 0.717) is 41.4 Å². The molecule has 33 heavy (non-hydrogen) atoms. The van der Waals surface area contributed by atoms with Gasteiger partial charge in [-0.3, -0.25) is 20.2 Å². The van der Waals surface area contributed by atoms with E-state index in [1.54, 1.807) is 31.4 Å². The van der Waals surface area contributed by atoms with Crippen LogP contribution in [-0.4, -0.2) is 71.7 Å². The summed E-state index contributed by atoms with van der Waals surface area (Å²) in [6.07, 6.45) is 5.02. The number of aliphatic hydroxyl groups is 1. The number of aliphatic imine (C=N–C) groups is 1. The second-order valence-corrected chi connectivity index (χ2v) is 7.66. The molecule has 0 radical (unpaired) electrons. The molecular formula is C23H26N6O4. The van der Waals surface area contributed by atoms with Crippen molar-refractivity contribution < 1.29 is 19.4 Å². The van der Waals surface area contributed by atoms with E-state index in [0.717, 1.165) is 5.70 Å². The van der Waals surface area contributed by atoms with Crippen molar-refractivity contribution in [2.75, 3.05) is 27.4 Å². The molecule has 0 aliphatic carbocycles. The number of carbonyl (C=O) groups excluding carboxylic acids is 1. The van der Waals surface area contributed by atoms with Gasteiger partial charge in [0.25, 0.3) is 0 Å². The van der Waals surface area contributed by atoms with Crippen molar-refractivity contribution >= 4 is 12.2 Å². The second-order valence-electron chi connectivity index (χ2n) is 7.66. The lowest BCUT2D eigenvalue weighted by Crippen LogP contribution is -2.43. The Morgan fingerprint density at radius 2 is 2.06 bits per heavy atom. The van der Waals surface area contributed by atoms with Crippen molar-refractivity contribution in [3.8, 4) is 23.3 Å². The van der Waals surface area contributed by atoms with Crippen LogP contribution in [0.25, 0.3) is 0 Å². The molecule has 3 aliphatic heterocycles. The number of aliphatic hydroxyl groups excluding tert-OH is 1. The van der Waals surface area contributed by atoms with Gasteiger partial charge in [-0.2, -0.15) is 0 Å². The van der Waals surface area contributed by atoms with E-state index >= 15 is 0 Å². The van der Waals surface area contributed by atoms with Crippen molar-refractivity contribution in [3.63, 3.8) is 0 Å². The van der Waals surface area contributed by atoms with Crippen molar-refractivity contribution in [2.24, 2.45) is 10.8 Å². The number of likely N-dealkylation sites (tertiary alicyclic amines) is 1. The molecule has 3 aliphatic rings. The number of benzene rings is 1. The number of methoxy groups -OCH3 is 2. The highest BCUT2D eigenvalue weighted by Crippen LogP contribution is 2.33. The van der Waals surface area contributed by atoms with Gasteiger partial charge >= 0.3 is 0 Å². The van der Waals surface area contributed by atoms with Gasteiger partial charge in [-0.05, 0) is 30.6 Å². The minimum atomic E-state index is -0.299. The van der Waals surface area contributed by atoms with Crippen LogP contribution in [0.3, 0.4) is 0 Å². The minimum Gasteiger partial charge on any atom is -0.497 e. The summed E-state index contributed by atoms with van der Waals surface area (Å²) < 4.78 is 10.6. The molecule has 0 bridgehead atoms. The summed E-state index contributed by atoms with van der Waals surface area (Å²) in [5.41, 5.74) is 6.02. The Labute approximate surface area is 192 Å². The first kappa shape index (κ1) is 22.3. The van der Waals surface area contributed by atoms with E-state index in [1.165, 1.54) is 17.4 Å². The lowest BCUT2D eigenvalue weighted by molar-refractivity contribution is -0.127. The van der Waals surface area contributed by atoms with Crippen molar-refractivity contribution in [1.29, 1.82) is 0 Å². The molecule has 10 nitrogen and oxygen atoms in total. The van der Waals surface area contributed by atoms with Crippen LogP contribution in [-0.2, 0) is 4.79 Å². The molecule has 4 N–H and O–H groups in total. The maximum absolute atomic E-state index is 12.2. The number of ether oxygens (including phenoxy) is 2. The molecule has 1 fully saturated rings. The Morgan fingerprint density at radius 1 is 1.33 bits per heavy atom. The van der Waals surface area contributed by atoms with Crippen LogP contribution < -0.4 is 20.7 Å². The monoisotopic (exact) mass is 450 g/mol. The molecule has 0 aromatic heterocycles. The summed E-state index contributed by atoms with van der Waals surface area (Å²) in [4.78, 5) is 18.1. The van der Waals surface area contributed by atoms with Crippen LogP contribution in [0.2, 0.25) is 0 Å². The lowest BCUT2D eigenvalue weighted by atomic mass is 10.1.